The van der Waals surface area contributed by atoms with Crippen LogP contribution >= 0.6 is 11.6 Å². The second kappa shape index (κ2) is 7.56. The molecule has 0 unspecified atom stereocenters. The predicted molar refractivity (Wildman–Crippen MR) is 81.5 cm³/mol. The van der Waals surface area contributed by atoms with Crippen LogP contribution in [0, 0.1) is 5.92 Å². The standard InChI is InChI=1S/C14H21ClN4O2/c1-10(9-21-2)16-14(20)11-5-7-19(8-6-11)13-4-3-12(15)17-18-13/h3-4,10-11H,5-9H2,1-2H3,(H,16,20)/t10-/m1/s1. The highest BCUT2D eigenvalue weighted by molar-refractivity contribution is 6.29. The molecule has 21 heavy (non-hydrogen) atoms. The van der Waals surface area contributed by atoms with E-state index in [0.717, 1.165) is 31.7 Å². The summed E-state index contributed by atoms with van der Waals surface area (Å²) in [7, 11) is 1.63. The molecule has 1 N–H and O–H groups in total. The summed E-state index contributed by atoms with van der Waals surface area (Å²) in [5.41, 5.74) is 0. The number of hydrogen-bond acceptors (Lipinski definition) is 5. The SMILES string of the molecule is COC[C@@H](C)NC(=O)C1CCN(c2ccc(Cl)nn2)CC1. The molecule has 0 saturated carbocycles. The smallest absolute Gasteiger partial charge is 0.223 e. The lowest BCUT2D eigenvalue weighted by Crippen LogP contribution is -2.44. The van der Waals surface area contributed by atoms with Crippen molar-refractivity contribution in [2.24, 2.45) is 5.92 Å². The Morgan fingerprint density at radius 2 is 2.19 bits per heavy atom. The molecule has 0 spiro atoms. The Morgan fingerprint density at radius 3 is 2.76 bits per heavy atom. The number of anilines is 1. The highest BCUT2D eigenvalue weighted by Gasteiger charge is 2.26. The number of nitrogens with one attached hydrogen (secondary N) is 1. The van der Waals surface area contributed by atoms with Crippen LogP contribution in [0.25, 0.3) is 0 Å². The van der Waals surface area contributed by atoms with Gasteiger partial charge in [0.25, 0.3) is 0 Å². The summed E-state index contributed by atoms with van der Waals surface area (Å²) >= 11 is 5.73. The van der Waals surface area contributed by atoms with Crippen LogP contribution in [0.4, 0.5) is 5.82 Å². The van der Waals surface area contributed by atoms with Crippen molar-refractivity contribution in [3.8, 4) is 0 Å². The highest BCUT2D eigenvalue weighted by Crippen LogP contribution is 2.22. The minimum Gasteiger partial charge on any atom is -0.383 e. The number of rotatable bonds is 5. The highest BCUT2D eigenvalue weighted by atomic mass is 35.5. The van der Waals surface area contributed by atoms with E-state index in [-0.39, 0.29) is 17.9 Å². The number of carbonyl (C=O) groups is 1. The Bertz CT molecular complexity index is 461. The maximum absolute atomic E-state index is 12.1. The van der Waals surface area contributed by atoms with Gasteiger partial charge in [0.05, 0.1) is 6.61 Å². The van der Waals surface area contributed by atoms with Gasteiger partial charge in [-0.1, -0.05) is 11.6 Å². The summed E-state index contributed by atoms with van der Waals surface area (Å²) in [6, 6.07) is 3.63. The number of hydrogen-bond donors (Lipinski definition) is 1. The number of ether oxygens (including phenoxy) is 1. The topological polar surface area (TPSA) is 67.3 Å². The normalized spacial score (nSPS) is 17.6. The first kappa shape index (κ1) is 16.0. The van der Waals surface area contributed by atoms with Crippen LogP contribution < -0.4 is 10.2 Å². The second-order valence-corrected chi connectivity index (χ2v) is 5.73. The van der Waals surface area contributed by atoms with Crippen LogP contribution in [-0.4, -0.2) is 49.0 Å². The molecule has 0 bridgehead atoms. The molecule has 0 aliphatic carbocycles. The molecule has 0 aromatic carbocycles. The van der Waals surface area contributed by atoms with Crippen molar-refractivity contribution in [2.45, 2.75) is 25.8 Å². The van der Waals surface area contributed by atoms with Gasteiger partial charge >= 0.3 is 0 Å². The molecular weight excluding hydrogens is 292 g/mol. The summed E-state index contributed by atoms with van der Waals surface area (Å²) in [5, 5.41) is 11.3. The molecule has 2 heterocycles. The van der Waals surface area contributed by atoms with Crippen molar-refractivity contribution >= 4 is 23.3 Å². The van der Waals surface area contributed by atoms with E-state index in [1.165, 1.54) is 0 Å². The van der Waals surface area contributed by atoms with Crippen LogP contribution in [0.5, 0.6) is 0 Å². The van der Waals surface area contributed by atoms with Crippen LogP contribution in [0.3, 0.4) is 0 Å². The molecule has 1 atom stereocenters. The number of nitrogens with zero attached hydrogens (tertiary/aromatic N) is 3. The van der Waals surface area contributed by atoms with E-state index in [2.05, 4.69) is 20.4 Å². The average molecular weight is 313 g/mol. The maximum atomic E-state index is 12.1. The van der Waals surface area contributed by atoms with Crippen molar-refractivity contribution in [2.75, 3.05) is 31.7 Å². The summed E-state index contributed by atoms with van der Waals surface area (Å²) in [6.45, 7) is 4.07. The second-order valence-electron chi connectivity index (χ2n) is 5.34. The van der Waals surface area contributed by atoms with Gasteiger partial charge in [0.1, 0.15) is 0 Å². The fraction of sp³-hybridized carbons (Fsp3) is 0.643. The van der Waals surface area contributed by atoms with Gasteiger partial charge in [0.15, 0.2) is 11.0 Å². The van der Waals surface area contributed by atoms with E-state index in [4.69, 9.17) is 16.3 Å². The van der Waals surface area contributed by atoms with Crippen molar-refractivity contribution in [3.05, 3.63) is 17.3 Å². The van der Waals surface area contributed by atoms with Gasteiger partial charge in [-0.3, -0.25) is 4.79 Å². The maximum Gasteiger partial charge on any atom is 0.223 e. The summed E-state index contributed by atoms with van der Waals surface area (Å²) < 4.78 is 5.03. The predicted octanol–water partition coefficient (Wildman–Crippen LogP) is 1.50. The van der Waals surface area contributed by atoms with Gasteiger partial charge in [0, 0.05) is 32.2 Å². The van der Waals surface area contributed by atoms with Gasteiger partial charge < -0.3 is 15.0 Å². The van der Waals surface area contributed by atoms with Gasteiger partial charge in [-0.15, -0.1) is 10.2 Å². The minimum absolute atomic E-state index is 0.0441. The zero-order chi connectivity index (χ0) is 15.2. The Hall–Kier alpha value is -1.40. The zero-order valence-corrected chi connectivity index (χ0v) is 13.1. The lowest BCUT2D eigenvalue weighted by molar-refractivity contribution is -0.126. The Balaban J connectivity index is 1.82. The van der Waals surface area contributed by atoms with E-state index < -0.39 is 0 Å². The van der Waals surface area contributed by atoms with E-state index in [0.29, 0.717) is 11.8 Å². The third kappa shape index (κ3) is 4.54. The first-order valence-corrected chi connectivity index (χ1v) is 7.51. The molecule has 1 aromatic heterocycles. The molecule has 7 heteroatoms. The first-order chi connectivity index (χ1) is 10.1. The Kier molecular flexibility index (Phi) is 5.76. The van der Waals surface area contributed by atoms with Gasteiger partial charge in [0.2, 0.25) is 5.91 Å². The fourth-order valence-electron chi connectivity index (χ4n) is 2.50. The lowest BCUT2D eigenvalue weighted by atomic mass is 9.95. The molecule has 1 amide bonds. The average Bonchev–Trinajstić information content (AvgIpc) is 2.48. The zero-order valence-electron chi connectivity index (χ0n) is 12.4. The number of halogens is 1. The molecule has 1 fully saturated rings. The number of carbonyl (C=O) groups excluding carboxylic acids is 1. The van der Waals surface area contributed by atoms with E-state index in [1.54, 1.807) is 13.2 Å². The first-order valence-electron chi connectivity index (χ1n) is 7.13. The van der Waals surface area contributed by atoms with Crippen LogP contribution in [0.15, 0.2) is 12.1 Å². The molecule has 116 valence electrons. The van der Waals surface area contributed by atoms with Crippen LogP contribution in [0.1, 0.15) is 19.8 Å². The van der Waals surface area contributed by atoms with Crippen LogP contribution in [0.2, 0.25) is 5.15 Å². The van der Waals surface area contributed by atoms with Crippen LogP contribution in [-0.2, 0) is 9.53 Å². The molecule has 2 rings (SSSR count). The fourth-order valence-corrected chi connectivity index (χ4v) is 2.60. The van der Waals surface area contributed by atoms with Gasteiger partial charge in [-0.05, 0) is 31.9 Å². The molecule has 1 saturated heterocycles. The minimum atomic E-state index is 0.0441. The quantitative estimate of drug-likeness (QED) is 0.892. The molecule has 6 nitrogen and oxygen atoms in total. The number of amides is 1. The van der Waals surface area contributed by atoms with Crippen molar-refractivity contribution < 1.29 is 9.53 Å². The van der Waals surface area contributed by atoms with Crippen molar-refractivity contribution in [1.29, 1.82) is 0 Å². The number of methoxy groups -OCH3 is 1. The molecule has 1 aliphatic rings. The molecule has 1 aliphatic heterocycles. The van der Waals surface area contributed by atoms with Crippen molar-refractivity contribution in [3.63, 3.8) is 0 Å². The van der Waals surface area contributed by atoms with Crippen molar-refractivity contribution in [1.82, 2.24) is 15.5 Å². The third-order valence-corrected chi connectivity index (χ3v) is 3.81. The van der Waals surface area contributed by atoms with Gasteiger partial charge in [-0.25, -0.2) is 0 Å². The monoisotopic (exact) mass is 312 g/mol. The lowest BCUT2D eigenvalue weighted by Gasteiger charge is -2.32. The van der Waals surface area contributed by atoms with Gasteiger partial charge in [-0.2, -0.15) is 0 Å². The molecule has 1 aromatic rings. The number of piperidine rings is 1. The third-order valence-electron chi connectivity index (χ3n) is 3.61. The largest absolute Gasteiger partial charge is 0.383 e. The molecule has 0 radical (unpaired) electrons. The van der Waals surface area contributed by atoms with E-state index in [9.17, 15) is 4.79 Å². The summed E-state index contributed by atoms with van der Waals surface area (Å²) in [4.78, 5) is 14.3. The number of aromatic nitrogens is 2. The van der Waals surface area contributed by atoms with E-state index >= 15 is 0 Å². The molecular formula is C14H21ClN4O2. The summed E-state index contributed by atoms with van der Waals surface area (Å²) in [5.74, 6) is 0.980. The van der Waals surface area contributed by atoms with E-state index in [1.807, 2.05) is 13.0 Å². The Labute approximate surface area is 129 Å². The Morgan fingerprint density at radius 1 is 1.48 bits per heavy atom. The summed E-state index contributed by atoms with van der Waals surface area (Å²) in [6.07, 6.45) is 1.63.